The molecule has 13 heteroatoms. The molecule has 0 bridgehead atoms. The normalized spacial score (nSPS) is 15.1. The van der Waals surface area contributed by atoms with Crippen molar-refractivity contribution in [1.82, 2.24) is 9.79 Å². The average Bonchev–Trinajstić information content (AvgIpc) is 2.92. The second-order valence-electron chi connectivity index (χ2n) is 6.35. The lowest BCUT2D eigenvalue weighted by molar-refractivity contribution is -0.170. The van der Waals surface area contributed by atoms with Gasteiger partial charge in [-0.2, -0.15) is 17.9 Å². The van der Waals surface area contributed by atoms with Gasteiger partial charge in [-0.15, -0.1) is 0 Å². The van der Waals surface area contributed by atoms with Crippen LogP contribution in [-0.4, -0.2) is 37.3 Å². The highest BCUT2D eigenvalue weighted by Crippen LogP contribution is 2.33. The summed E-state index contributed by atoms with van der Waals surface area (Å²) in [6.45, 7) is 1.01. The molecule has 31 heavy (non-hydrogen) atoms. The zero-order valence-corrected chi connectivity index (χ0v) is 17.0. The van der Waals surface area contributed by atoms with Gasteiger partial charge in [0, 0.05) is 0 Å². The predicted octanol–water partition coefficient (Wildman–Crippen LogP) is 2.78. The standard InChI is InChI=1S/C18H12ClF3N2O6S/c1-9(17(27)30-24-15(25)11-4-2-3-5-12(11)16(24)26)23-31(28,29)14-8-10(18(20,21)22)6-7-13(14)19/h2-9,23H,1H3. The largest absolute Gasteiger partial charge is 0.416 e. The van der Waals surface area contributed by atoms with Gasteiger partial charge in [-0.3, -0.25) is 9.59 Å². The first-order chi connectivity index (χ1) is 14.3. The van der Waals surface area contributed by atoms with Crippen molar-refractivity contribution < 1.29 is 40.8 Å². The molecule has 1 aliphatic heterocycles. The smallest absolute Gasteiger partial charge is 0.328 e. The number of amides is 2. The Morgan fingerprint density at radius 2 is 1.65 bits per heavy atom. The van der Waals surface area contributed by atoms with Gasteiger partial charge >= 0.3 is 12.1 Å². The summed E-state index contributed by atoms with van der Waals surface area (Å²) in [4.78, 5) is 40.5. The van der Waals surface area contributed by atoms with E-state index in [4.69, 9.17) is 16.4 Å². The third-order valence-corrected chi connectivity index (χ3v) is 6.19. The Balaban J connectivity index is 1.77. The van der Waals surface area contributed by atoms with Crippen molar-refractivity contribution >= 4 is 39.4 Å². The summed E-state index contributed by atoms with van der Waals surface area (Å²) in [6, 6.07) is 5.64. The molecule has 0 aliphatic carbocycles. The summed E-state index contributed by atoms with van der Waals surface area (Å²) in [5, 5.41) is -0.337. The zero-order valence-electron chi connectivity index (χ0n) is 15.4. The molecule has 0 radical (unpaired) electrons. The molecule has 1 N–H and O–H groups in total. The maximum atomic E-state index is 12.9. The lowest BCUT2D eigenvalue weighted by Crippen LogP contribution is -2.43. The molecule has 8 nitrogen and oxygen atoms in total. The molecule has 1 heterocycles. The summed E-state index contributed by atoms with van der Waals surface area (Å²) in [5.74, 6) is -3.20. The molecule has 1 unspecified atom stereocenters. The van der Waals surface area contributed by atoms with Gasteiger partial charge in [-0.05, 0) is 37.3 Å². The number of rotatable bonds is 5. The van der Waals surface area contributed by atoms with Crippen LogP contribution in [0.3, 0.4) is 0 Å². The highest BCUT2D eigenvalue weighted by molar-refractivity contribution is 7.89. The molecule has 0 saturated heterocycles. The molecular formula is C18H12ClF3N2O6S. The number of hydrogen-bond acceptors (Lipinski definition) is 6. The number of sulfonamides is 1. The number of imide groups is 1. The number of benzene rings is 2. The van der Waals surface area contributed by atoms with Crippen LogP contribution < -0.4 is 4.72 Å². The molecule has 3 rings (SSSR count). The summed E-state index contributed by atoms with van der Waals surface area (Å²) in [6.07, 6.45) is -4.83. The number of nitrogens with one attached hydrogen (secondary N) is 1. The third kappa shape index (κ3) is 4.40. The summed E-state index contributed by atoms with van der Waals surface area (Å²) in [7, 11) is -4.70. The van der Waals surface area contributed by atoms with Crippen molar-refractivity contribution in [1.29, 1.82) is 0 Å². The average molecular weight is 477 g/mol. The van der Waals surface area contributed by atoms with Crippen molar-refractivity contribution in [2.24, 2.45) is 0 Å². The lowest BCUT2D eigenvalue weighted by atomic mass is 10.1. The van der Waals surface area contributed by atoms with Crippen LogP contribution in [0.1, 0.15) is 33.2 Å². The van der Waals surface area contributed by atoms with E-state index < -0.39 is 55.5 Å². The number of halogens is 4. The molecular weight excluding hydrogens is 465 g/mol. The van der Waals surface area contributed by atoms with Crippen LogP contribution in [0.5, 0.6) is 0 Å². The van der Waals surface area contributed by atoms with Gasteiger partial charge in [0.25, 0.3) is 11.8 Å². The van der Waals surface area contributed by atoms with Crippen molar-refractivity contribution in [3.05, 3.63) is 64.2 Å². The van der Waals surface area contributed by atoms with Gasteiger partial charge in [0.1, 0.15) is 10.9 Å². The van der Waals surface area contributed by atoms with Gasteiger partial charge in [0.15, 0.2) is 0 Å². The van der Waals surface area contributed by atoms with Crippen LogP contribution in [0.2, 0.25) is 5.02 Å². The molecule has 2 aromatic rings. The minimum absolute atomic E-state index is 0.00992. The molecule has 0 saturated carbocycles. The van der Waals surface area contributed by atoms with Crippen LogP contribution in [0.4, 0.5) is 13.2 Å². The van der Waals surface area contributed by atoms with Crippen LogP contribution in [-0.2, 0) is 25.8 Å². The number of carbonyl (C=O) groups is 3. The van der Waals surface area contributed by atoms with E-state index in [1.807, 2.05) is 4.72 Å². The highest BCUT2D eigenvalue weighted by Gasteiger charge is 2.40. The first-order valence-electron chi connectivity index (χ1n) is 8.41. The first-order valence-corrected chi connectivity index (χ1v) is 10.3. The van der Waals surface area contributed by atoms with Crippen LogP contribution in [0.15, 0.2) is 47.4 Å². The fourth-order valence-electron chi connectivity index (χ4n) is 2.65. The van der Waals surface area contributed by atoms with Crippen LogP contribution >= 0.6 is 11.6 Å². The fourth-order valence-corrected chi connectivity index (χ4v) is 4.37. The number of hydrogen-bond donors (Lipinski definition) is 1. The van der Waals surface area contributed by atoms with Gasteiger partial charge < -0.3 is 4.84 Å². The van der Waals surface area contributed by atoms with E-state index in [9.17, 15) is 36.0 Å². The van der Waals surface area contributed by atoms with Gasteiger partial charge in [0.2, 0.25) is 10.0 Å². The van der Waals surface area contributed by atoms with Gasteiger partial charge in [0.05, 0.1) is 21.7 Å². The van der Waals surface area contributed by atoms with Gasteiger partial charge in [-0.25, -0.2) is 13.2 Å². The van der Waals surface area contributed by atoms with Crippen LogP contribution in [0, 0.1) is 0 Å². The second-order valence-corrected chi connectivity index (χ2v) is 8.44. The van der Waals surface area contributed by atoms with Crippen molar-refractivity contribution in [3.8, 4) is 0 Å². The van der Waals surface area contributed by atoms with E-state index in [-0.39, 0.29) is 16.2 Å². The number of hydroxylamine groups is 2. The van der Waals surface area contributed by atoms with Gasteiger partial charge in [-0.1, -0.05) is 28.8 Å². The van der Waals surface area contributed by atoms with Crippen molar-refractivity contribution in [3.63, 3.8) is 0 Å². The maximum absolute atomic E-state index is 12.9. The number of alkyl halides is 3. The number of fused-ring (bicyclic) bond motifs is 1. The summed E-state index contributed by atoms with van der Waals surface area (Å²) < 4.78 is 65.4. The van der Waals surface area contributed by atoms with E-state index in [0.717, 1.165) is 13.0 Å². The summed E-state index contributed by atoms with van der Waals surface area (Å²) in [5.41, 5.74) is -1.29. The Bertz CT molecular complexity index is 1160. The highest BCUT2D eigenvalue weighted by atomic mass is 35.5. The van der Waals surface area contributed by atoms with Crippen molar-refractivity contribution in [2.75, 3.05) is 0 Å². The van der Waals surface area contributed by atoms with E-state index in [1.165, 1.54) is 24.3 Å². The molecule has 2 aromatic carbocycles. The fraction of sp³-hybridized carbons (Fsp3) is 0.167. The van der Waals surface area contributed by atoms with Crippen LogP contribution in [0.25, 0.3) is 0 Å². The van der Waals surface area contributed by atoms with Crippen molar-refractivity contribution in [2.45, 2.75) is 24.0 Å². The minimum Gasteiger partial charge on any atom is -0.328 e. The number of carbonyl (C=O) groups excluding carboxylic acids is 3. The maximum Gasteiger partial charge on any atom is 0.416 e. The molecule has 0 aromatic heterocycles. The topological polar surface area (TPSA) is 110 Å². The Labute approximate surface area is 178 Å². The monoisotopic (exact) mass is 476 g/mol. The Morgan fingerprint density at radius 1 is 1.10 bits per heavy atom. The Morgan fingerprint density at radius 3 is 2.16 bits per heavy atom. The Kier molecular flexibility index (Phi) is 5.82. The summed E-state index contributed by atoms with van der Waals surface area (Å²) >= 11 is 5.72. The molecule has 0 fully saturated rings. The van der Waals surface area contributed by atoms with E-state index in [2.05, 4.69) is 0 Å². The first kappa shape index (κ1) is 22.7. The molecule has 1 aliphatic rings. The molecule has 2 amide bonds. The quantitative estimate of drug-likeness (QED) is 0.664. The second kappa shape index (κ2) is 7.94. The SMILES string of the molecule is CC(NS(=O)(=O)c1cc(C(F)(F)F)ccc1Cl)C(=O)ON1C(=O)c2ccccc2C1=O. The number of nitrogens with zero attached hydrogens (tertiary/aromatic N) is 1. The van der Waals surface area contributed by atoms with E-state index in [1.54, 1.807) is 0 Å². The van der Waals surface area contributed by atoms with E-state index in [0.29, 0.717) is 12.1 Å². The molecule has 0 spiro atoms. The molecule has 1 atom stereocenters. The third-order valence-electron chi connectivity index (χ3n) is 4.17. The predicted molar refractivity (Wildman–Crippen MR) is 99.3 cm³/mol. The lowest BCUT2D eigenvalue weighted by Gasteiger charge is -2.18. The minimum atomic E-state index is -4.83. The molecule has 164 valence electrons. The van der Waals surface area contributed by atoms with E-state index >= 15 is 0 Å². The zero-order chi connectivity index (χ0) is 23.1. The Hall–Kier alpha value is -2.96.